The Morgan fingerprint density at radius 3 is 1.70 bits per heavy atom. The van der Waals surface area contributed by atoms with E-state index in [0.29, 0.717) is 0 Å². The molecule has 0 saturated carbocycles. The Kier molecular flexibility index (Phi) is 16.6. The van der Waals surface area contributed by atoms with Crippen molar-refractivity contribution in [2.45, 2.75) is 111 Å². The Hall–Kier alpha value is -0.260. The predicted molar refractivity (Wildman–Crippen MR) is 94.3 cm³/mol. The molecule has 0 aliphatic heterocycles. The first kappa shape index (κ1) is 19.7. The largest absolute Gasteiger partial charge is 0.0885 e. The van der Waals surface area contributed by atoms with E-state index in [4.69, 9.17) is 0 Å². The van der Waals surface area contributed by atoms with Crippen LogP contribution in [0.5, 0.6) is 0 Å². The highest BCUT2D eigenvalue weighted by molar-refractivity contribution is 4.81. The SMILES string of the molecule is CCCCCCCCCCC/C=C\CCC[C@H](C)CC. The van der Waals surface area contributed by atoms with E-state index in [-0.39, 0.29) is 0 Å². The molecule has 0 aromatic carbocycles. The smallest absolute Gasteiger partial charge is 0.0351 e. The molecule has 0 rings (SSSR count). The van der Waals surface area contributed by atoms with E-state index in [0.717, 1.165) is 5.92 Å². The van der Waals surface area contributed by atoms with Crippen LogP contribution in [-0.2, 0) is 0 Å². The summed E-state index contributed by atoms with van der Waals surface area (Å²) in [4.78, 5) is 0. The fourth-order valence-corrected chi connectivity index (χ4v) is 2.60. The van der Waals surface area contributed by atoms with Crippen molar-refractivity contribution in [3.05, 3.63) is 12.2 Å². The Balaban J connectivity index is 3.08. The van der Waals surface area contributed by atoms with E-state index in [2.05, 4.69) is 32.9 Å². The van der Waals surface area contributed by atoms with Gasteiger partial charge in [0.05, 0.1) is 0 Å². The lowest BCUT2D eigenvalue weighted by Crippen LogP contribution is -1.90. The van der Waals surface area contributed by atoms with Crippen LogP contribution in [0.3, 0.4) is 0 Å². The van der Waals surface area contributed by atoms with E-state index >= 15 is 0 Å². The summed E-state index contributed by atoms with van der Waals surface area (Å²) in [6.45, 7) is 6.95. The van der Waals surface area contributed by atoms with Crippen LogP contribution in [0.2, 0.25) is 0 Å². The summed E-state index contributed by atoms with van der Waals surface area (Å²) in [5, 5.41) is 0. The standard InChI is InChI=1S/C20H40/c1-4-6-7-8-9-10-11-12-13-14-15-16-17-18-19-20(3)5-2/h15-16,20H,4-14,17-19H2,1-3H3/b16-15-/t20-/m1/s1. The molecule has 1 atom stereocenters. The van der Waals surface area contributed by atoms with Crippen molar-refractivity contribution in [1.82, 2.24) is 0 Å². The maximum absolute atomic E-state index is 2.41. The summed E-state index contributed by atoms with van der Waals surface area (Å²) in [7, 11) is 0. The predicted octanol–water partition coefficient (Wildman–Crippen LogP) is 7.68. The van der Waals surface area contributed by atoms with Gasteiger partial charge in [0.25, 0.3) is 0 Å². The molecule has 0 amide bonds. The van der Waals surface area contributed by atoms with Gasteiger partial charge in [0.2, 0.25) is 0 Å². The van der Waals surface area contributed by atoms with Crippen LogP contribution in [0.4, 0.5) is 0 Å². The summed E-state index contributed by atoms with van der Waals surface area (Å²) in [6, 6.07) is 0. The maximum atomic E-state index is 2.41. The van der Waals surface area contributed by atoms with Gasteiger partial charge in [-0.05, 0) is 31.6 Å². The summed E-state index contributed by atoms with van der Waals surface area (Å²) in [5.41, 5.74) is 0. The lowest BCUT2D eigenvalue weighted by Gasteiger charge is -2.05. The van der Waals surface area contributed by atoms with Crippen molar-refractivity contribution < 1.29 is 0 Å². The van der Waals surface area contributed by atoms with Gasteiger partial charge < -0.3 is 0 Å². The first-order valence-corrected chi connectivity index (χ1v) is 9.46. The fraction of sp³-hybridized carbons (Fsp3) is 0.900. The fourth-order valence-electron chi connectivity index (χ4n) is 2.60. The van der Waals surface area contributed by atoms with Gasteiger partial charge in [0, 0.05) is 0 Å². The molecule has 0 N–H and O–H groups in total. The molecule has 0 aliphatic carbocycles. The first-order valence-electron chi connectivity index (χ1n) is 9.46. The molecule has 0 aliphatic rings. The Morgan fingerprint density at radius 1 is 0.650 bits per heavy atom. The molecule has 0 radical (unpaired) electrons. The zero-order valence-electron chi connectivity index (χ0n) is 14.6. The lowest BCUT2D eigenvalue weighted by atomic mass is 10.0. The molecule has 0 spiro atoms. The van der Waals surface area contributed by atoms with Gasteiger partial charge >= 0.3 is 0 Å². The van der Waals surface area contributed by atoms with Crippen LogP contribution in [-0.4, -0.2) is 0 Å². The number of hydrogen-bond donors (Lipinski definition) is 0. The molecule has 0 aromatic heterocycles. The zero-order valence-corrected chi connectivity index (χ0v) is 14.6. The molecule has 120 valence electrons. The average molecular weight is 281 g/mol. The van der Waals surface area contributed by atoms with Crippen molar-refractivity contribution in [1.29, 1.82) is 0 Å². The normalized spacial score (nSPS) is 13.2. The molecular formula is C20H40. The third-order valence-electron chi connectivity index (χ3n) is 4.41. The number of hydrogen-bond acceptors (Lipinski definition) is 0. The summed E-state index contributed by atoms with van der Waals surface area (Å²) in [6.07, 6.45) is 24.5. The second kappa shape index (κ2) is 16.8. The van der Waals surface area contributed by atoms with Gasteiger partial charge in [-0.25, -0.2) is 0 Å². The quantitative estimate of drug-likeness (QED) is 0.213. The van der Waals surface area contributed by atoms with Crippen molar-refractivity contribution in [2.24, 2.45) is 5.92 Å². The minimum Gasteiger partial charge on any atom is -0.0885 e. The number of unbranched alkanes of at least 4 members (excludes halogenated alkanes) is 10. The van der Waals surface area contributed by atoms with Gasteiger partial charge in [-0.1, -0.05) is 97.1 Å². The van der Waals surface area contributed by atoms with Crippen molar-refractivity contribution in [3.8, 4) is 0 Å². The lowest BCUT2D eigenvalue weighted by molar-refractivity contribution is 0.498. The third-order valence-corrected chi connectivity index (χ3v) is 4.41. The molecule has 0 nitrogen and oxygen atoms in total. The van der Waals surface area contributed by atoms with Gasteiger partial charge in [-0.2, -0.15) is 0 Å². The highest BCUT2D eigenvalue weighted by Gasteiger charge is 1.96. The second-order valence-electron chi connectivity index (χ2n) is 6.53. The maximum Gasteiger partial charge on any atom is -0.0351 e. The summed E-state index contributed by atoms with van der Waals surface area (Å²) in [5.74, 6) is 0.917. The van der Waals surface area contributed by atoms with Crippen LogP contribution in [0.1, 0.15) is 111 Å². The van der Waals surface area contributed by atoms with Crippen LogP contribution in [0.25, 0.3) is 0 Å². The molecule has 0 heterocycles. The molecule has 20 heavy (non-hydrogen) atoms. The Bertz CT molecular complexity index is 192. The van der Waals surface area contributed by atoms with Crippen LogP contribution < -0.4 is 0 Å². The van der Waals surface area contributed by atoms with Crippen molar-refractivity contribution in [3.63, 3.8) is 0 Å². The molecular weight excluding hydrogens is 240 g/mol. The molecule has 0 saturated heterocycles. The van der Waals surface area contributed by atoms with E-state index in [1.165, 1.54) is 89.9 Å². The minimum atomic E-state index is 0.917. The molecule has 0 aromatic rings. The third kappa shape index (κ3) is 15.8. The van der Waals surface area contributed by atoms with Gasteiger partial charge in [0.15, 0.2) is 0 Å². The van der Waals surface area contributed by atoms with Crippen LogP contribution >= 0.6 is 0 Å². The number of allylic oxidation sites excluding steroid dienone is 2. The molecule has 0 unspecified atom stereocenters. The molecule has 0 bridgehead atoms. The number of rotatable bonds is 15. The van der Waals surface area contributed by atoms with Crippen molar-refractivity contribution >= 4 is 0 Å². The zero-order chi connectivity index (χ0) is 14.9. The second-order valence-corrected chi connectivity index (χ2v) is 6.53. The van der Waals surface area contributed by atoms with Gasteiger partial charge in [0.1, 0.15) is 0 Å². The minimum absolute atomic E-state index is 0.917. The molecule has 0 fully saturated rings. The van der Waals surface area contributed by atoms with Crippen LogP contribution in [0, 0.1) is 5.92 Å². The van der Waals surface area contributed by atoms with E-state index in [1.807, 2.05) is 0 Å². The first-order chi connectivity index (χ1) is 9.81. The van der Waals surface area contributed by atoms with E-state index < -0.39 is 0 Å². The van der Waals surface area contributed by atoms with E-state index in [1.54, 1.807) is 0 Å². The van der Waals surface area contributed by atoms with Crippen LogP contribution in [0.15, 0.2) is 12.2 Å². The average Bonchev–Trinajstić information content (AvgIpc) is 2.47. The topological polar surface area (TPSA) is 0 Å². The van der Waals surface area contributed by atoms with E-state index in [9.17, 15) is 0 Å². The Morgan fingerprint density at radius 2 is 1.15 bits per heavy atom. The molecule has 0 heteroatoms. The summed E-state index contributed by atoms with van der Waals surface area (Å²) < 4.78 is 0. The van der Waals surface area contributed by atoms with Gasteiger partial charge in [-0.3, -0.25) is 0 Å². The van der Waals surface area contributed by atoms with Gasteiger partial charge in [-0.15, -0.1) is 0 Å². The highest BCUT2D eigenvalue weighted by atomic mass is 14.0. The Labute approximate surface area is 129 Å². The summed E-state index contributed by atoms with van der Waals surface area (Å²) >= 11 is 0. The van der Waals surface area contributed by atoms with Crippen molar-refractivity contribution in [2.75, 3.05) is 0 Å². The highest BCUT2D eigenvalue weighted by Crippen LogP contribution is 2.12. The monoisotopic (exact) mass is 280 g/mol.